The van der Waals surface area contributed by atoms with Gasteiger partial charge in [-0.05, 0) is 58.4 Å². The average Bonchev–Trinajstić information content (AvgIpc) is 3.10. The van der Waals surface area contributed by atoms with Crippen molar-refractivity contribution in [3.63, 3.8) is 0 Å². The molecule has 6 heteroatoms. The van der Waals surface area contributed by atoms with Crippen LogP contribution < -0.4 is 0 Å². The summed E-state index contributed by atoms with van der Waals surface area (Å²) in [5, 5.41) is 4.19. The Morgan fingerprint density at radius 2 is 2.04 bits per heavy atom. The van der Waals surface area contributed by atoms with Crippen LogP contribution >= 0.6 is 0 Å². The molecule has 2 saturated heterocycles. The summed E-state index contributed by atoms with van der Waals surface area (Å²) in [6, 6.07) is 0.527. The van der Waals surface area contributed by atoms with Crippen LogP contribution in [0.1, 0.15) is 75.5 Å². The molecule has 0 radical (unpaired) electrons. The molecule has 3 aliphatic rings. The minimum atomic E-state index is 0.148. The Bertz CT molecular complexity index is 569. The van der Waals surface area contributed by atoms with Gasteiger partial charge < -0.3 is 9.42 Å². The van der Waals surface area contributed by atoms with Gasteiger partial charge in [0.15, 0.2) is 5.82 Å². The Morgan fingerprint density at radius 3 is 2.83 bits per heavy atom. The Morgan fingerprint density at radius 1 is 1.17 bits per heavy atom. The number of carbonyl (C=O) groups excluding carboxylic acids is 1. The van der Waals surface area contributed by atoms with Crippen molar-refractivity contribution in [3.05, 3.63) is 11.7 Å². The molecule has 3 heterocycles. The molecule has 1 aliphatic carbocycles. The maximum atomic E-state index is 12.7. The van der Waals surface area contributed by atoms with E-state index in [9.17, 15) is 4.79 Å². The summed E-state index contributed by atoms with van der Waals surface area (Å²) in [6.45, 7) is 4.51. The highest BCUT2D eigenvalue weighted by Crippen LogP contribution is 2.40. The fourth-order valence-electron chi connectivity index (χ4n) is 3.92. The van der Waals surface area contributed by atoms with Gasteiger partial charge in [-0.3, -0.25) is 9.69 Å². The molecule has 0 unspecified atom stereocenters. The molecule has 1 aromatic heterocycles. The molecule has 0 bridgehead atoms. The van der Waals surface area contributed by atoms with Crippen LogP contribution in [0.4, 0.5) is 0 Å². The number of hydrogen-bond acceptors (Lipinski definition) is 5. The molecule has 0 aromatic carbocycles. The highest BCUT2D eigenvalue weighted by atomic mass is 16.5. The second kappa shape index (κ2) is 6.23. The van der Waals surface area contributed by atoms with E-state index in [-0.39, 0.29) is 11.9 Å². The van der Waals surface area contributed by atoms with Crippen LogP contribution in [0.25, 0.3) is 0 Å². The summed E-state index contributed by atoms with van der Waals surface area (Å²) in [5.41, 5.74) is 0. The van der Waals surface area contributed by atoms with Gasteiger partial charge in [0.2, 0.25) is 11.8 Å². The van der Waals surface area contributed by atoms with Gasteiger partial charge in [-0.15, -0.1) is 0 Å². The molecule has 2 aliphatic heterocycles. The van der Waals surface area contributed by atoms with Crippen molar-refractivity contribution >= 4 is 5.91 Å². The highest BCUT2D eigenvalue weighted by molar-refractivity contribution is 5.78. The summed E-state index contributed by atoms with van der Waals surface area (Å²) >= 11 is 0. The van der Waals surface area contributed by atoms with Gasteiger partial charge in [0.1, 0.15) is 0 Å². The smallest absolute Gasteiger partial charge is 0.237 e. The molecule has 1 amide bonds. The molecule has 126 valence electrons. The summed E-state index contributed by atoms with van der Waals surface area (Å²) in [6.07, 6.45) is 7.96. The Hall–Kier alpha value is -1.43. The van der Waals surface area contributed by atoms with Crippen molar-refractivity contribution in [2.75, 3.05) is 19.6 Å². The van der Waals surface area contributed by atoms with E-state index in [1.54, 1.807) is 0 Å². The number of hydrogen-bond donors (Lipinski definition) is 0. The van der Waals surface area contributed by atoms with E-state index in [1.807, 2.05) is 0 Å². The first-order valence-corrected chi connectivity index (χ1v) is 9.09. The molecule has 0 N–H and O–H groups in total. The van der Waals surface area contributed by atoms with Gasteiger partial charge in [0.25, 0.3) is 0 Å². The molecule has 1 saturated carbocycles. The Kier molecular flexibility index (Phi) is 4.09. The number of likely N-dealkylation sites (tertiary alicyclic amines) is 2. The Labute approximate surface area is 137 Å². The van der Waals surface area contributed by atoms with Crippen LogP contribution in [0.15, 0.2) is 4.52 Å². The SMILES string of the molecule is C[C@H]1CCCCN1C(=O)CN1CCC[C@H]1c1noc(C2CC2)n1. The lowest BCUT2D eigenvalue weighted by Gasteiger charge is -2.35. The number of piperidine rings is 1. The third kappa shape index (κ3) is 3.13. The largest absolute Gasteiger partial charge is 0.339 e. The van der Waals surface area contributed by atoms with Gasteiger partial charge in [-0.2, -0.15) is 4.98 Å². The van der Waals surface area contributed by atoms with Gasteiger partial charge in [0, 0.05) is 18.5 Å². The van der Waals surface area contributed by atoms with E-state index < -0.39 is 0 Å². The second-order valence-electron chi connectivity index (χ2n) is 7.33. The maximum Gasteiger partial charge on any atom is 0.237 e. The zero-order valence-electron chi connectivity index (χ0n) is 13.9. The molecule has 4 rings (SSSR count). The second-order valence-corrected chi connectivity index (χ2v) is 7.33. The molecule has 1 aromatic rings. The number of aromatic nitrogens is 2. The van der Waals surface area contributed by atoms with Crippen LogP contribution in [0.5, 0.6) is 0 Å². The van der Waals surface area contributed by atoms with E-state index in [1.165, 1.54) is 19.3 Å². The number of nitrogens with zero attached hydrogens (tertiary/aromatic N) is 4. The average molecular weight is 318 g/mol. The molecule has 6 nitrogen and oxygen atoms in total. The van der Waals surface area contributed by atoms with E-state index in [4.69, 9.17) is 4.52 Å². The van der Waals surface area contributed by atoms with Gasteiger partial charge >= 0.3 is 0 Å². The summed E-state index contributed by atoms with van der Waals surface area (Å²) in [4.78, 5) is 21.6. The van der Waals surface area contributed by atoms with Crippen molar-refractivity contribution in [1.82, 2.24) is 19.9 Å². The summed E-state index contributed by atoms with van der Waals surface area (Å²) < 4.78 is 5.40. The van der Waals surface area contributed by atoms with Gasteiger partial charge in [-0.25, -0.2) is 0 Å². The first-order chi connectivity index (χ1) is 11.2. The van der Waals surface area contributed by atoms with Crippen LogP contribution in [0.2, 0.25) is 0 Å². The zero-order chi connectivity index (χ0) is 15.8. The van der Waals surface area contributed by atoms with Crippen molar-refractivity contribution in [2.24, 2.45) is 0 Å². The molecular formula is C17H26N4O2. The van der Waals surface area contributed by atoms with Crippen molar-refractivity contribution in [2.45, 2.75) is 69.9 Å². The normalized spacial score (nSPS) is 29.2. The van der Waals surface area contributed by atoms with Crippen LogP contribution in [-0.4, -0.2) is 51.5 Å². The Balaban J connectivity index is 1.41. The number of carbonyl (C=O) groups is 1. The third-order valence-corrected chi connectivity index (χ3v) is 5.51. The first-order valence-electron chi connectivity index (χ1n) is 9.09. The molecular weight excluding hydrogens is 292 g/mol. The molecule has 23 heavy (non-hydrogen) atoms. The lowest BCUT2D eigenvalue weighted by atomic mass is 10.0. The summed E-state index contributed by atoms with van der Waals surface area (Å²) in [5.74, 6) is 2.32. The van der Waals surface area contributed by atoms with Crippen molar-refractivity contribution in [1.29, 1.82) is 0 Å². The van der Waals surface area contributed by atoms with Crippen molar-refractivity contribution < 1.29 is 9.32 Å². The fraction of sp³-hybridized carbons (Fsp3) is 0.824. The number of amides is 1. The predicted molar refractivity (Wildman–Crippen MR) is 84.8 cm³/mol. The van der Waals surface area contributed by atoms with E-state index in [0.717, 1.165) is 50.5 Å². The minimum Gasteiger partial charge on any atom is -0.339 e. The van der Waals surface area contributed by atoms with Gasteiger partial charge in [-0.1, -0.05) is 5.16 Å². The topological polar surface area (TPSA) is 62.5 Å². The quantitative estimate of drug-likeness (QED) is 0.853. The maximum absolute atomic E-state index is 12.7. The lowest BCUT2D eigenvalue weighted by molar-refractivity contribution is -0.135. The van der Waals surface area contributed by atoms with Gasteiger partial charge in [0.05, 0.1) is 12.6 Å². The molecule has 0 spiro atoms. The van der Waals surface area contributed by atoms with E-state index >= 15 is 0 Å². The predicted octanol–water partition coefficient (Wildman–Crippen LogP) is 2.48. The van der Waals surface area contributed by atoms with E-state index in [2.05, 4.69) is 26.9 Å². The van der Waals surface area contributed by atoms with Crippen LogP contribution in [0, 0.1) is 0 Å². The van der Waals surface area contributed by atoms with Crippen LogP contribution in [0.3, 0.4) is 0 Å². The van der Waals surface area contributed by atoms with Crippen LogP contribution in [-0.2, 0) is 4.79 Å². The van der Waals surface area contributed by atoms with Crippen molar-refractivity contribution in [3.8, 4) is 0 Å². The molecule has 3 fully saturated rings. The van der Waals surface area contributed by atoms with E-state index in [0.29, 0.717) is 18.5 Å². The minimum absolute atomic E-state index is 0.148. The lowest BCUT2D eigenvalue weighted by Crippen LogP contribution is -2.46. The zero-order valence-corrected chi connectivity index (χ0v) is 13.9. The first kappa shape index (κ1) is 15.1. The highest BCUT2D eigenvalue weighted by Gasteiger charge is 2.35. The standard InChI is InChI=1S/C17H26N4O2/c1-12-5-2-3-10-21(12)15(22)11-20-9-4-6-14(20)16-18-17(23-19-16)13-7-8-13/h12-14H,2-11H2,1H3/t12-,14-/m0/s1. The third-order valence-electron chi connectivity index (χ3n) is 5.51. The number of rotatable bonds is 4. The monoisotopic (exact) mass is 318 g/mol. The molecule has 2 atom stereocenters. The fourth-order valence-corrected chi connectivity index (χ4v) is 3.92. The summed E-state index contributed by atoms with van der Waals surface area (Å²) in [7, 11) is 0.